The number of ether oxygens (including phenoxy) is 1. The molecule has 2 aliphatic rings. The van der Waals surface area contributed by atoms with Crippen molar-refractivity contribution in [1.82, 2.24) is 29.3 Å². The van der Waals surface area contributed by atoms with Gasteiger partial charge in [0.15, 0.2) is 5.82 Å². The molecule has 0 N–H and O–H groups in total. The number of nitrogens with zero attached hydrogens (tertiary/aromatic N) is 7. The molecule has 186 valence electrons. The molecule has 1 aromatic carbocycles. The summed E-state index contributed by atoms with van der Waals surface area (Å²) in [5.41, 5.74) is 4.84. The van der Waals surface area contributed by atoms with Crippen molar-refractivity contribution in [2.24, 2.45) is 0 Å². The second-order valence-electron chi connectivity index (χ2n) is 9.62. The number of anilines is 1. The van der Waals surface area contributed by atoms with E-state index in [2.05, 4.69) is 22.0 Å². The molecule has 0 saturated carbocycles. The summed E-state index contributed by atoms with van der Waals surface area (Å²) in [6.07, 6.45) is 9.53. The Labute approximate surface area is 215 Å². The molecule has 5 heterocycles. The Morgan fingerprint density at radius 2 is 1.83 bits per heavy atom. The van der Waals surface area contributed by atoms with E-state index in [1.54, 1.807) is 13.4 Å². The van der Waals surface area contributed by atoms with Crippen LogP contribution in [0.25, 0.3) is 17.2 Å². The smallest absolute Gasteiger partial charge is 0.238 e. The Morgan fingerprint density at radius 3 is 2.61 bits per heavy atom. The van der Waals surface area contributed by atoms with Gasteiger partial charge in [-0.15, -0.1) is 5.10 Å². The lowest BCUT2D eigenvalue weighted by Gasteiger charge is -2.31. The number of methoxy groups -OCH3 is 1. The van der Waals surface area contributed by atoms with E-state index in [1.165, 1.54) is 24.8 Å². The van der Waals surface area contributed by atoms with E-state index >= 15 is 0 Å². The summed E-state index contributed by atoms with van der Waals surface area (Å²) in [4.78, 5) is 16.5. The fourth-order valence-electron chi connectivity index (χ4n) is 5.36. The van der Waals surface area contributed by atoms with E-state index in [4.69, 9.17) is 31.4 Å². The first kappa shape index (κ1) is 23.0. The van der Waals surface area contributed by atoms with Gasteiger partial charge in [0.05, 0.1) is 29.8 Å². The van der Waals surface area contributed by atoms with E-state index in [1.807, 2.05) is 40.6 Å². The zero-order chi connectivity index (χ0) is 24.6. The fraction of sp³-hybridized carbons (Fsp3) is 0.407. The number of aryl methyl sites for hydroxylation is 2. The van der Waals surface area contributed by atoms with Crippen molar-refractivity contribution in [3.05, 3.63) is 65.0 Å². The molecule has 0 unspecified atom stereocenters. The van der Waals surface area contributed by atoms with Gasteiger partial charge in [0, 0.05) is 31.7 Å². The number of rotatable bonds is 5. The van der Waals surface area contributed by atoms with Crippen molar-refractivity contribution in [1.29, 1.82) is 0 Å². The highest BCUT2D eigenvalue weighted by Gasteiger charge is 2.28. The van der Waals surface area contributed by atoms with Gasteiger partial charge in [-0.05, 0) is 68.9 Å². The number of pyridine rings is 1. The Balaban J connectivity index is 1.33. The third kappa shape index (κ3) is 4.23. The maximum Gasteiger partial charge on any atom is 0.238 e. The molecule has 9 heteroatoms. The zero-order valence-corrected chi connectivity index (χ0v) is 21.4. The van der Waals surface area contributed by atoms with Crippen LogP contribution in [0.2, 0.25) is 5.02 Å². The highest BCUT2D eigenvalue weighted by Crippen LogP contribution is 2.38. The summed E-state index contributed by atoms with van der Waals surface area (Å²) in [6, 6.07) is 10.4. The highest BCUT2D eigenvalue weighted by atomic mass is 35.5. The van der Waals surface area contributed by atoms with Crippen LogP contribution in [0.1, 0.15) is 55.1 Å². The van der Waals surface area contributed by atoms with Crippen LogP contribution in [0.4, 0.5) is 5.69 Å². The predicted octanol–water partition coefficient (Wildman–Crippen LogP) is 5.41. The van der Waals surface area contributed by atoms with Crippen LogP contribution >= 0.6 is 11.6 Å². The van der Waals surface area contributed by atoms with Gasteiger partial charge in [-0.1, -0.05) is 17.7 Å². The molecule has 0 bridgehead atoms. The minimum atomic E-state index is 0.177. The van der Waals surface area contributed by atoms with Gasteiger partial charge < -0.3 is 14.2 Å². The Kier molecular flexibility index (Phi) is 6.13. The van der Waals surface area contributed by atoms with Gasteiger partial charge >= 0.3 is 0 Å². The second kappa shape index (κ2) is 9.58. The topological polar surface area (TPSA) is 73.9 Å². The third-order valence-electron chi connectivity index (χ3n) is 7.20. The predicted molar refractivity (Wildman–Crippen MR) is 140 cm³/mol. The molecule has 0 amide bonds. The van der Waals surface area contributed by atoms with Crippen LogP contribution < -0.4 is 9.64 Å². The van der Waals surface area contributed by atoms with E-state index in [0.717, 1.165) is 60.4 Å². The van der Waals surface area contributed by atoms with Crippen LogP contribution in [0, 0.1) is 6.92 Å². The standard InChI is InChI=1S/C27H30ClN7O/c1-18-16-34(17-29-18)23-11-10-22(30-27(23)36-2)25-31-26-20(7-6-14-35(26)32-25)19-8-9-21(28)24(15-19)33-12-4-3-5-13-33/h8-11,15-17,20H,3-7,12-14H2,1-2H3/t20-/m1/s1. The lowest BCUT2D eigenvalue weighted by molar-refractivity contribution is 0.396. The quantitative estimate of drug-likeness (QED) is 0.362. The molecule has 0 spiro atoms. The lowest BCUT2D eigenvalue weighted by Crippen LogP contribution is -2.29. The summed E-state index contributed by atoms with van der Waals surface area (Å²) >= 11 is 6.64. The SMILES string of the molecule is COc1nc(-c2nc3n(n2)CCC[C@@H]3c2ccc(Cl)c(N3CCCCC3)c2)ccc1-n1cnc(C)c1. The first-order valence-electron chi connectivity index (χ1n) is 12.7. The van der Waals surface area contributed by atoms with E-state index in [-0.39, 0.29) is 5.92 Å². The molecule has 8 nitrogen and oxygen atoms in total. The minimum Gasteiger partial charge on any atom is -0.479 e. The number of imidazole rings is 1. The summed E-state index contributed by atoms with van der Waals surface area (Å²) in [5.74, 6) is 2.29. The van der Waals surface area contributed by atoms with E-state index in [9.17, 15) is 0 Å². The molecule has 1 atom stereocenters. The Hall–Kier alpha value is -3.39. The molecule has 1 saturated heterocycles. The van der Waals surface area contributed by atoms with Crippen LogP contribution in [-0.2, 0) is 6.54 Å². The number of hydrogen-bond acceptors (Lipinski definition) is 6. The Morgan fingerprint density at radius 1 is 0.972 bits per heavy atom. The second-order valence-corrected chi connectivity index (χ2v) is 10.0. The molecule has 0 aliphatic carbocycles. The molecular formula is C27H30ClN7O. The number of fused-ring (bicyclic) bond motifs is 1. The first-order valence-corrected chi connectivity index (χ1v) is 13.0. The van der Waals surface area contributed by atoms with E-state index in [0.29, 0.717) is 17.4 Å². The van der Waals surface area contributed by atoms with Crippen molar-refractivity contribution < 1.29 is 4.74 Å². The highest BCUT2D eigenvalue weighted by molar-refractivity contribution is 6.33. The molecule has 1 fully saturated rings. The van der Waals surface area contributed by atoms with Crippen LogP contribution in [-0.4, -0.2) is 49.5 Å². The van der Waals surface area contributed by atoms with Crippen LogP contribution in [0.3, 0.4) is 0 Å². The van der Waals surface area contributed by atoms with Crippen molar-refractivity contribution in [2.45, 2.75) is 51.5 Å². The number of piperidine rings is 1. The molecule has 3 aromatic heterocycles. The first-order chi connectivity index (χ1) is 17.6. The molecule has 2 aliphatic heterocycles. The minimum absolute atomic E-state index is 0.177. The number of halogens is 1. The van der Waals surface area contributed by atoms with Gasteiger partial charge in [0.25, 0.3) is 0 Å². The lowest BCUT2D eigenvalue weighted by atomic mass is 9.90. The normalized spacial score (nSPS) is 17.8. The summed E-state index contributed by atoms with van der Waals surface area (Å²) < 4.78 is 9.56. The average Bonchev–Trinajstić information content (AvgIpc) is 3.55. The molecule has 4 aromatic rings. The number of hydrogen-bond donors (Lipinski definition) is 0. The fourth-order valence-corrected chi connectivity index (χ4v) is 5.59. The third-order valence-corrected chi connectivity index (χ3v) is 7.52. The molecule has 36 heavy (non-hydrogen) atoms. The summed E-state index contributed by atoms with van der Waals surface area (Å²) in [5, 5.41) is 5.66. The van der Waals surface area contributed by atoms with Gasteiger partial charge in [-0.2, -0.15) is 0 Å². The molecular weight excluding hydrogens is 474 g/mol. The van der Waals surface area contributed by atoms with Crippen molar-refractivity contribution in [2.75, 3.05) is 25.1 Å². The van der Waals surface area contributed by atoms with Gasteiger partial charge in [0.2, 0.25) is 5.88 Å². The van der Waals surface area contributed by atoms with E-state index < -0.39 is 0 Å². The summed E-state index contributed by atoms with van der Waals surface area (Å²) in [7, 11) is 1.63. The number of benzene rings is 1. The average molecular weight is 504 g/mol. The largest absolute Gasteiger partial charge is 0.479 e. The van der Waals surface area contributed by atoms with Crippen molar-refractivity contribution in [3.63, 3.8) is 0 Å². The van der Waals surface area contributed by atoms with Gasteiger partial charge in [0.1, 0.15) is 17.2 Å². The maximum atomic E-state index is 6.64. The monoisotopic (exact) mass is 503 g/mol. The molecule has 0 radical (unpaired) electrons. The van der Waals surface area contributed by atoms with Crippen LogP contribution in [0.5, 0.6) is 5.88 Å². The van der Waals surface area contributed by atoms with Crippen molar-refractivity contribution >= 4 is 17.3 Å². The Bertz CT molecular complexity index is 1390. The maximum absolute atomic E-state index is 6.64. The van der Waals surface area contributed by atoms with Gasteiger partial charge in [-0.25, -0.2) is 19.6 Å². The summed E-state index contributed by atoms with van der Waals surface area (Å²) in [6.45, 7) is 4.94. The molecule has 6 rings (SSSR count). The van der Waals surface area contributed by atoms with Gasteiger partial charge in [-0.3, -0.25) is 0 Å². The zero-order valence-electron chi connectivity index (χ0n) is 20.7. The van der Waals surface area contributed by atoms with Crippen molar-refractivity contribution in [3.8, 4) is 23.1 Å². The van der Waals surface area contributed by atoms with Crippen LogP contribution in [0.15, 0.2) is 42.9 Å². The number of aromatic nitrogens is 6.